The van der Waals surface area contributed by atoms with Crippen LogP contribution in [0.1, 0.15) is 76.5 Å². The lowest BCUT2D eigenvalue weighted by atomic mass is 10.0. The van der Waals surface area contributed by atoms with Gasteiger partial charge in [0.2, 0.25) is 12.1 Å². The maximum Gasteiger partial charge on any atom is 0.510 e. The van der Waals surface area contributed by atoms with Crippen LogP contribution < -0.4 is 4.90 Å². The van der Waals surface area contributed by atoms with Crippen molar-refractivity contribution in [2.24, 2.45) is 13.0 Å². The number of benzene rings is 1. The van der Waals surface area contributed by atoms with Gasteiger partial charge >= 0.3 is 12.2 Å². The molecular formula is C35H45N9O6. The Morgan fingerprint density at radius 2 is 1.84 bits per heavy atom. The number of hydrogen-bond acceptors (Lipinski definition) is 11. The first-order valence-electron chi connectivity index (χ1n) is 16.8. The predicted molar refractivity (Wildman–Crippen MR) is 184 cm³/mol. The van der Waals surface area contributed by atoms with Crippen molar-refractivity contribution in [3.05, 3.63) is 59.9 Å². The van der Waals surface area contributed by atoms with E-state index >= 15 is 0 Å². The van der Waals surface area contributed by atoms with Gasteiger partial charge in [-0.3, -0.25) is 14.4 Å². The lowest BCUT2D eigenvalue weighted by Crippen LogP contribution is -2.53. The van der Waals surface area contributed by atoms with Crippen molar-refractivity contribution in [2.45, 2.75) is 79.2 Å². The third kappa shape index (κ3) is 8.09. The van der Waals surface area contributed by atoms with Gasteiger partial charge in [-0.1, -0.05) is 32.0 Å². The lowest BCUT2D eigenvalue weighted by molar-refractivity contribution is -0.0366. The number of hydrogen-bond donors (Lipinski definition) is 0. The van der Waals surface area contributed by atoms with E-state index in [0.717, 1.165) is 16.7 Å². The monoisotopic (exact) mass is 687 g/mol. The van der Waals surface area contributed by atoms with Gasteiger partial charge in [0.25, 0.3) is 5.91 Å². The molecule has 0 aliphatic carbocycles. The van der Waals surface area contributed by atoms with Crippen LogP contribution in [0.2, 0.25) is 0 Å². The first kappa shape index (κ1) is 36.0. The van der Waals surface area contributed by atoms with Crippen molar-refractivity contribution < 1.29 is 28.6 Å². The van der Waals surface area contributed by atoms with Gasteiger partial charge in [0.05, 0.1) is 18.8 Å². The van der Waals surface area contributed by atoms with E-state index in [1.54, 1.807) is 53.0 Å². The molecule has 2 atom stereocenters. The number of amides is 2. The number of aromatic nitrogens is 7. The lowest BCUT2D eigenvalue weighted by Gasteiger charge is -2.39. The Balaban J connectivity index is 1.42. The summed E-state index contributed by atoms with van der Waals surface area (Å²) in [7, 11) is 1.77. The van der Waals surface area contributed by atoms with Gasteiger partial charge in [-0.2, -0.15) is 5.10 Å². The summed E-state index contributed by atoms with van der Waals surface area (Å²) in [5.41, 5.74) is 2.76. The number of tetrazole rings is 1. The maximum absolute atomic E-state index is 14.3. The number of nitrogens with zero attached hydrogens (tertiary/aromatic N) is 9. The minimum absolute atomic E-state index is 0.166. The van der Waals surface area contributed by atoms with E-state index in [1.807, 2.05) is 65.8 Å². The number of piperidine rings is 1. The molecule has 0 spiro atoms. The molecule has 15 heteroatoms. The standard InChI is InChI=1S/C35H45N9O6/c1-9-48-34(47)49-32(22(2)3)44-39-29(38-40-44)28-27(20-37-41(28)8)24-14-16-25(17-15-24)31(45)43(30-23(4)12-10-18-36-30)26-13-11-19-42(21-26)33(46)50-35(5,6)7/h10,12,14-18,20,22,26,32H,9,11,13,19,21H2,1-8H3/t26-,32?/m1/s1. The summed E-state index contributed by atoms with van der Waals surface area (Å²) in [6, 6.07) is 10.7. The van der Waals surface area contributed by atoms with Gasteiger partial charge in [0, 0.05) is 43.4 Å². The van der Waals surface area contributed by atoms with E-state index in [2.05, 4.69) is 25.5 Å². The van der Waals surface area contributed by atoms with Crippen molar-refractivity contribution >= 4 is 24.0 Å². The third-order valence-corrected chi connectivity index (χ3v) is 8.14. The first-order valence-corrected chi connectivity index (χ1v) is 16.8. The van der Waals surface area contributed by atoms with Crippen molar-refractivity contribution in [3.63, 3.8) is 0 Å². The molecule has 4 heterocycles. The summed E-state index contributed by atoms with van der Waals surface area (Å²) in [5.74, 6) is 0.433. The molecule has 1 saturated heterocycles. The predicted octanol–water partition coefficient (Wildman–Crippen LogP) is 5.82. The van der Waals surface area contributed by atoms with Crippen LogP contribution in [0.25, 0.3) is 22.6 Å². The molecule has 5 rings (SSSR count). The number of pyridine rings is 1. The van der Waals surface area contributed by atoms with Crippen LogP contribution in [0.15, 0.2) is 48.8 Å². The second kappa shape index (κ2) is 15.0. The zero-order chi connectivity index (χ0) is 36.2. The van der Waals surface area contributed by atoms with Crippen molar-refractivity contribution in [3.8, 4) is 22.6 Å². The van der Waals surface area contributed by atoms with Crippen LogP contribution >= 0.6 is 0 Å². The smallest absolute Gasteiger partial charge is 0.444 e. The Morgan fingerprint density at radius 1 is 1.10 bits per heavy atom. The van der Waals surface area contributed by atoms with Gasteiger partial charge in [-0.25, -0.2) is 14.6 Å². The summed E-state index contributed by atoms with van der Waals surface area (Å²) in [4.78, 5) is 48.6. The number of carbonyl (C=O) groups excluding carboxylic acids is 3. The quantitative estimate of drug-likeness (QED) is 0.195. The highest BCUT2D eigenvalue weighted by molar-refractivity contribution is 6.06. The second-order valence-electron chi connectivity index (χ2n) is 13.5. The topological polar surface area (TPSA) is 160 Å². The summed E-state index contributed by atoms with van der Waals surface area (Å²) in [6.45, 7) is 13.9. The molecule has 2 amide bonds. The molecule has 0 saturated carbocycles. The number of aryl methyl sites for hydroxylation is 2. The van der Waals surface area contributed by atoms with E-state index in [4.69, 9.17) is 14.2 Å². The molecule has 1 unspecified atom stereocenters. The molecule has 1 fully saturated rings. The molecule has 0 radical (unpaired) electrons. The number of likely N-dealkylation sites (tertiary alicyclic amines) is 1. The molecule has 0 N–H and O–H groups in total. The molecule has 266 valence electrons. The van der Waals surface area contributed by atoms with Crippen LogP contribution in [0, 0.1) is 12.8 Å². The highest BCUT2D eigenvalue weighted by atomic mass is 16.7. The number of carbonyl (C=O) groups is 3. The van der Waals surface area contributed by atoms with Crippen LogP contribution in [-0.2, 0) is 21.3 Å². The summed E-state index contributed by atoms with van der Waals surface area (Å²) >= 11 is 0. The maximum atomic E-state index is 14.3. The number of rotatable bonds is 9. The van der Waals surface area contributed by atoms with Crippen LogP contribution in [0.3, 0.4) is 0 Å². The molecule has 4 aromatic rings. The Morgan fingerprint density at radius 3 is 2.50 bits per heavy atom. The highest BCUT2D eigenvalue weighted by Gasteiger charge is 2.35. The number of anilines is 1. The van der Waals surface area contributed by atoms with Crippen molar-refractivity contribution in [1.82, 2.24) is 39.9 Å². The fraction of sp³-hybridized carbons (Fsp3) is 0.486. The van der Waals surface area contributed by atoms with Gasteiger partial charge in [-0.15, -0.1) is 15.0 Å². The summed E-state index contributed by atoms with van der Waals surface area (Å²) < 4.78 is 17.7. The van der Waals surface area contributed by atoms with Crippen LogP contribution in [-0.4, -0.2) is 89.4 Å². The van der Waals surface area contributed by atoms with Gasteiger partial charge in [-0.05, 0) is 82.0 Å². The first-order chi connectivity index (χ1) is 23.8. The largest absolute Gasteiger partial charge is 0.510 e. The minimum atomic E-state index is -0.830. The molecule has 1 aliphatic heterocycles. The van der Waals surface area contributed by atoms with Gasteiger partial charge < -0.3 is 19.1 Å². The Labute approximate surface area is 291 Å². The highest BCUT2D eigenvalue weighted by Crippen LogP contribution is 2.32. The van der Waals surface area contributed by atoms with Gasteiger partial charge in [0.1, 0.15) is 17.1 Å². The van der Waals surface area contributed by atoms with Crippen LogP contribution in [0.4, 0.5) is 15.4 Å². The second-order valence-corrected chi connectivity index (χ2v) is 13.5. The van der Waals surface area contributed by atoms with Crippen molar-refractivity contribution in [2.75, 3.05) is 24.6 Å². The Kier molecular flexibility index (Phi) is 10.8. The number of ether oxygens (including phenoxy) is 3. The normalized spacial score (nSPS) is 15.5. The molecule has 1 aromatic carbocycles. The van der Waals surface area contributed by atoms with Crippen LogP contribution in [0.5, 0.6) is 0 Å². The van der Waals surface area contributed by atoms with E-state index in [1.165, 1.54) is 4.80 Å². The van der Waals surface area contributed by atoms with E-state index in [9.17, 15) is 14.4 Å². The molecular weight excluding hydrogens is 642 g/mol. The van der Waals surface area contributed by atoms with E-state index in [-0.39, 0.29) is 30.3 Å². The zero-order valence-electron chi connectivity index (χ0n) is 29.9. The SMILES string of the molecule is CCOC(=O)OC(C(C)C)n1nnc(-c2c(-c3ccc(C(=O)N(c4ncccc4C)[C@@H]4CCCN(C(=O)OC(C)(C)C)C4)cc3)cnn2C)n1. The molecule has 50 heavy (non-hydrogen) atoms. The molecule has 0 bridgehead atoms. The summed E-state index contributed by atoms with van der Waals surface area (Å²) in [5, 5.41) is 17.4. The Hall–Kier alpha value is -5.34. The van der Waals surface area contributed by atoms with Crippen molar-refractivity contribution in [1.29, 1.82) is 0 Å². The molecule has 1 aliphatic rings. The molecule has 15 nitrogen and oxygen atoms in total. The minimum Gasteiger partial charge on any atom is -0.444 e. The fourth-order valence-corrected chi connectivity index (χ4v) is 5.80. The molecule has 3 aromatic heterocycles. The average Bonchev–Trinajstić information content (AvgIpc) is 3.70. The average molecular weight is 688 g/mol. The van der Waals surface area contributed by atoms with E-state index < -0.39 is 24.1 Å². The van der Waals surface area contributed by atoms with Gasteiger partial charge in [0.15, 0.2) is 0 Å². The Bertz CT molecular complexity index is 1810. The van der Waals surface area contributed by atoms with E-state index in [0.29, 0.717) is 43.0 Å². The summed E-state index contributed by atoms with van der Waals surface area (Å²) in [6.07, 6.45) is 2.73. The zero-order valence-corrected chi connectivity index (χ0v) is 29.9. The third-order valence-electron chi connectivity index (χ3n) is 8.14. The fourth-order valence-electron chi connectivity index (χ4n) is 5.80.